The van der Waals surface area contributed by atoms with Crippen LogP contribution in [0.15, 0.2) is 17.6 Å². The van der Waals surface area contributed by atoms with Gasteiger partial charge < -0.3 is 5.11 Å². The molecule has 5 heteroatoms. The van der Waals surface area contributed by atoms with Gasteiger partial charge in [-0.2, -0.15) is 0 Å². The summed E-state index contributed by atoms with van der Waals surface area (Å²) >= 11 is 1.44. The first-order valence-electron chi connectivity index (χ1n) is 3.91. The molecule has 0 radical (unpaired) electrons. The SMILES string of the molecule is CCCSc1ncncc1C(=O)O. The first-order chi connectivity index (χ1) is 6.25. The van der Waals surface area contributed by atoms with E-state index in [0.717, 1.165) is 12.2 Å². The molecule has 0 aromatic carbocycles. The molecule has 0 aliphatic heterocycles. The lowest BCUT2D eigenvalue weighted by molar-refractivity contribution is 0.0691. The molecule has 0 bridgehead atoms. The van der Waals surface area contributed by atoms with Crippen LogP contribution >= 0.6 is 11.8 Å². The fourth-order valence-electron chi connectivity index (χ4n) is 0.779. The highest BCUT2D eigenvalue weighted by atomic mass is 32.2. The van der Waals surface area contributed by atoms with Crippen LogP contribution in [-0.4, -0.2) is 26.8 Å². The van der Waals surface area contributed by atoms with Crippen molar-refractivity contribution < 1.29 is 9.90 Å². The lowest BCUT2D eigenvalue weighted by Gasteiger charge is -2.01. The summed E-state index contributed by atoms with van der Waals surface area (Å²) < 4.78 is 0. The van der Waals surface area contributed by atoms with Gasteiger partial charge in [0.1, 0.15) is 16.9 Å². The Kier molecular flexibility index (Phi) is 3.70. The van der Waals surface area contributed by atoms with Gasteiger partial charge in [0.15, 0.2) is 0 Å². The lowest BCUT2D eigenvalue weighted by Crippen LogP contribution is -2.01. The molecule has 1 N–H and O–H groups in total. The molecule has 0 spiro atoms. The van der Waals surface area contributed by atoms with Crippen LogP contribution in [0.5, 0.6) is 0 Å². The molecule has 1 aromatic heterocycles. The minimum absolute atomic E-state index is 0.181. The van der Waals surface area contributed by atoms with Crippen LogP contribution in [0.4, 0.5) is 0 Å². The predicted molar refractivity (Wildman–Crippen MR) is 50.0 cm³/mol. The second-order valence-corrected chi connectivity index (χ2v) is 3.48. The van der Waals surface area contributed by atoms with E-state index >= 15 is 0 Å². The second-order valence-electron chi connectivity index (χ2n) is 2.40. The molecular weight excluding hydrogens is 188 g/mol. The van der Waals surface area contributed by atoms with Gasteiger partial charge in [0.2, 0.25) is 0 Å². The molecule has 0 atom stereocenters. The Balaban J connectivity index is 2.84. The Morgan fingerprint density at radius 2 is 2.46 bits per heavy atom. The van der Waals surface area contributed by atoms with Crippen LogP contribution in [0.1, 0.15) is 23.7 Å². The molecule has 0 unspecified atom stereocenters. The van der Waals surface area contributed by atoms with Crippen LogP contribution in [0.3, 0.4) is 0 Å². The minimum atomic E-state index is -0.973. The Labute approximate surface area is 80.4 Å². The molecule has 0 aliphatic rings. The third kappa shape index (κ3) is 2.69. The van der Waals surface area contributed by atoms with Gasteiger partial charge in [-0.1, -0.05) is 6.92 Å². The van der Waals surface area contributed by atoms with E-state index in [1.54, 1.807) is 0 Å². The van der Waals surface area contributed by atoms with Crippen molar-refractivity contribution in [1.29, 1.82) is 0 Å². The van der Waals surface area contributed by atoms with Crippen molar-refractivity contribution in [2.24, 2.45) is 0 Å². The quantitative estimate of drug-likeness (QED) is 0.589. The van der Waals surface area contributed by atoms with Gasteiger partial charge in [0, 0.05) is 6.20 Å². The zero-order valence-electron chi connectivity index (χ0n) is 7.23. The van der Waals surface area contributed by atoms with Crippen LogP contribution in [0, 0.1) is 0 Å². The van der Waals surface area contributed by atoms with Crippen molar-refractivity contribution in [1.82, 2.24) is 9.97 Å². The molecule has 0 amide bonds. The standard InChI is InChI=1S/C8H10N2O2S/c1-2-3-13-7-6(8(11)12)4-9-5-10-7/h4-5H,2-3H2,1H3,(H,11,12). The summed E-state index contributed by atoms with van der Waals surface area (Å²) in [4.78, 5) is 18.3. The van der Waals surface area contributed by atoms with Crippen LogP contribution in [-0.2, 0) is 0 Å². The number of nitrogens with zero attached hydrogens (tertiary/aromatic N) is 2. The molecule has 1 rings (SSSR count). The van der Waals surface area contributed by atoms with Gasteiger partial charge in [0.05, 0.1) is 0 Å². The van der Waals surface area contributed by atoms with Crippen molar-refractivity contribution in [3.8, 4) is 0 Å². The number of hydrogen-bond donors (Lipinski definition) is 1. The Morgan fingerprint density at radius 1 is 1.69 bits per heavy atom. The number of aromatic nitrogens is 2. The van der Waals surface area contributed by atoms with E-state index in [4.69, 9.17) is 5.11 Å². The average Bonchev–Trinajstić information content (AvgIpc) is 2.15. The maximum atomic E-state index is 10.7. The number of aromatic carboxylic acids is 1. The summed E-state index contributed by atoms with van der Waals surface area (Å²) in [6, 6.07) is 0. The molecule has 0 saturated carbocycles. The van der Waals surface area contributed by atoms with Crippen LogP contribution < -0.4 is 0 Å². The smallest absolute Gasteiger partial charge is 0.340 e. The minimum Gasteiger partial charge on any atom is -0.478 e. The highest BCUT2D eigenvalue weighted by Crippen LogP contribution is 2.19. The zero-order valence-corrected chi connectivity index (χ0v) is 8.04. The van der Waals surface area contributed by atoms with Crippen molar-refractivity contribution in [2.45, 2.75) is 18.4 Å². The topological polar surface area (TPSA) is 63.1 Å². The Hall–Kier alpha value is -1.10. The zero-order chi connectivity index (χ0) is 9.68. The highest BCUT2D eigenvalue weighted by Gasteiger charge is 2.10. The number of hydrogen-bond acceptors (Lipinski definition) is 4. The molecule has 0 saturated heterocycles. The summed E-state index contributed by atoms with van der Waals surface area (Å²) in [5.41, 5.74) is 0.181. The predicted octanol–water partition coefficient (Wildman–Crippen LogP) is 1.68. The molecule has 1 heterocycles. The molecule has 70 valence electrons. The Bertz CT molecular complexity index is 304. The van der Waals surface area contributed by atoms with E-state index in [2.05, 4.69) is 9.97 Å². The first-order valence-corrected chi connectivity index (χ1v) is 4.90. The molecular formula is C8H10N2O2S. The summed E-state index contributed by atoms with van der Waals surface area (Å²) in [6.45, 7) is 2.04. The summed E-state index contributed by atoms with van der Waals surface area (Å²) in [6.07, 6.45) is 3.69. The van der Waals surface area contributed by atoms with Gasteiger partial charge in [-0.05, 0) is 12.2 Å². The number of rotatable bonds is 4. The van der Waals surface area contributed by atoms with Crippen molar-refractivity contribution in [3.63, 3.8) is 0 Å². The van der Waals surface area contributed by atoms with Gasteiger partial charge >= 0.3 is 5.97 Å². The van der Waals surface area contributed by atoms with E-state index in [-0.39, 0.29) is 5.56 Å². The number of carboxylic acid groups (broad SMARTS) is 1. The van der Waals surface area contributed by atoms with Crippen molar-refractivity contribution in [2.75, 3.05) is 5.75 Å². The number of carbonyl (C=O) groups is 1. The maximum absolute atomic E-state index is 10.7. The summed E-state index contributed by atoms with van der Waals surface area (Å²) in [5, 5.41) is 9.32. The second kappa shape index (κ2) is 4.81. The molecule has 4 nitrogen and oxygen atoms in total. The van der Waals surface area contributed by atoms with Gasteiger partial charge in [-0.25, -0.2) is 14.8 Å². The van der Waals surface area contributed by atoms with Crippen molar-refractivity contribution >= 4 is 17.7 Å². The van der Waals surface area contributed by atoms with Crippen LogP contribution in [0.25, 0.3) is 0 Å². The molecule has 13 heavy (non-hydrogen) atoms. The fraction of sp³-hybridized carbons (Fsp3) is 0.375. The lowest BCUT2D eigenvalue weighted by atomic mass is 10.3. The normalized spacial score (nSPS) is 9.92. The summed E-state index contributed by atoms with van der Waals surface area (Å²) in [7, 11) is 0. The van der Waals surface area contributed by atoms with Crippen LogP contribution in [0.2, 0.25) is 0 Å². The first kappa shape index (κ1) is 9.98. The Morgan fingerprint density at radius 3 is 3.08 bits per heavy atom. The number of thioether (sulfide) groups is 1. The summed E-state index contributed by atoms with van der Waals surface area (Å²) in [5.74, 6) is -0.101. The van der Waals surface area contributed by atoms with E-state index < -0.39 is 5.97 Å². The molecule has 0 aliphatic carbocycles. The fourth-order valence-corrected chi connectivity index (χ4v) is 1.59. The average molecular weight is 198 g/mol. The maximum Gasteiger partial charge on any atom is 0.340 e. The largest absolute Gasteiger partial charge is 0.478 e. The van der Waals surface area contributed by atoms with E-state index in [1.165, 1.54) is 24.3 Å². The van der Waals surface area contributed by atoms with Crippen molar-refractivity contribution in [3.05, 3.63) is 18.1 Å². The van der Waals surface area contributed by atoms with Gasteiger partial charge in [-0.3, -0.25) is 0 Å². The van der Waals surface area contributed by atoms with Gasteiger partial charge in [-0.15, -0.1) is 11.8 Å². The van der Waals surface area contributed by atoms with E-state index in [0.29, 0.717) is 5.03 Å². The molecule has 0 fully saturated rings. The van der Waals surface area contributed by atoms with E-state index in [1.807, 2.05) is 6.92 Å². The monoisotopic (exact) mass is 198 g/mol. The third-order valence-electron chi connectivity index (χ3n) is 1.35. The number of carboxylic acids is 1. The van der Waals surface area contributed by atoms with Gasteiger partial charge in [0.25, 0.3) is 0 Å². The third-order valence-corrected chi connectivity index (χ3v) is 2.56. The molecule has 1 aromatic rings. The van der Waals surface area contributed by atoms with E-state index in [9.17, 15) is 4.79 Å². The highest BCUT2D eigenvalue weighted by molar-refractivity contribution is 7.99.